The first kappa shape index (κ1) is 16.7. The van der Waals surface area contributed by atoms with Crippen LogP contribution in [0.2, 0.25) is 0 Å². The average molecular weight is 298 g/mol. The van der Waals surface area contributed by atoms with Crippen molar-refractivity contribution in [1.29, 1.82) is 0 Å². The standard InChI is InChI=1S/C14H22N2O3S/c1-5-6-11(4)16-14(17)12-8-13(20(15,18)19)10(3)7-9(12)2/h7-8,11H,5-6H2,1-4H3,(H,16,17)(H2,15,18,19). The number of primary sulfonamides is 1. The second-order valence-electron chi connectivity index (χ2n) is 5.14. The molecule has 0 fully saturated rings. The third-order valence-electron chi connectivity index (χ3n) is 3.17. The third kappa shape index (κ3) is 4.05. The van der Waals surface area contributed by atoms with E-state index < -0.39 is 10.0 Å². The van der Waals surface area contributed by atoms with Crippen LogP contribution in [-0.4, -0.2) is 20.4 Å². The largest absolute Gasteiger partial charge is 0.350 e. The van der Waals surface area contributed by atoms with E-state index in [1.165, 1.54) is 6.07 Å². The monoisotopic (exact) mass is 298 g/mol. The molecule has 6 heteroatoms. The van der Waals surface area contributed by atoms with Gasteiger partial charge in [-0.2, -0.15) is 0 Å². The maximum Gasteiger partial charge on any atom is 0.251 e. The van der Waals surface area contributed by atoms with Gasteiger partial charge >= 0.3 is 0 Å². The molecule has 0 saturated heterocycles. The summed E-state index contributed by atoms with van der Waals surface area (Å²) < 4.78 is 23.0. The molecule has 0 aromatic heterocycles. The van der Waals surface area contributed by atoms with Crippen LogP contribution in [0.5, 0.6) is 0 Å². The van der Waals surface area contributed by atoms with Gasteiger partial charge in [-0.1, -0.05) is 19.4 Å². The van der Waals surface area contributed by atoms with Gasteiger partial charge in [-0.15, -0.1) is 0 Å². The average Bonchev–Trinajstić information content (AvgIpc) is 2.26. The van der Waals surface area contributed by atoms with Crippen molar-refractivity contribution in [3.63, 3.8) is 0 Å². The van der Waals surface area contributed by atoms with Gasteiger partial charge in [0.05, 0.1) is 4.90 Å². The maximum atomic E-state index is 12.2. The lowest BCUT2D eigenvalue weighted by Crippen LogP contribution is -2.33. The lowest BCUT2D eigenvalue weighted by Gasteiger charge is -2.15. The molecule has 0 aliphatic heterocycles. The molecular weight excluding hydrogens is 276 g/mol. The van der Waals surface area contributed by atoms with Crippen molar-refractivity contribution in [1.82, 2.24) is 5.32 Å². The lowest BCUT2D eigenvalue weighted by atomic mass is 10.0. The summed E-state index contributed by atoms with van der Waals surface area (Å²) in [5.41, 5.74) is 1.63. The number of nitrogens with two attached hydrogens (primary N) is 1. The molecule has 1 rings (SSSR count). The van der Waals surface area contributed by atoms with Crippen LogP contribution in [0.25, 0.3) is 0 Å². The highest BCUT2D eigenvalue weighted by molar-refractivity contribution is 7.89. The molecule has 112 valence electrons. The van der Waals surface area contributed by atoms with Gasteiger partial charge in [-0.05, 0) is 44.4 Å². The van der Waals surface area contributed by atoms with Crippen molar-refractivity contribution in [3.05, 3.63) is 28.8 Å². The fourth-order valence-electron chi connectivity index (χ4n) is 2.19. The van der Waals surface area contributed by atoms with Gasteiger partial charge in [-0.25, -0.2) is 13.6 Å². The number of hydrogen-bond acceptors (Lipinski definition) is 3. The minimum atomic E-state index is -3.82. The minimum absolute atomic E-state index is 0.00334. The lowest BCUT2D eigenvalue weighted by molar-refractivity contribution is 0.0937. The molecule has 0 heterocycles. The molecule has 0 bridgehead atoms. The van der Waals surface area contributed by atoms with E-state index in [-0.39, 0.29) is 16.8 Å². The molecule has 1 aromatic rings. The maximum absolute atomic E-state index is 12.2. The fourth-order valence-corrected chi connectivity index (χ4v) is 2.98. The highest BCUT2D eigenvalue weighted by Gasteiger charge is 2.18. The van der Waals surface area contributed by atoms with E-state index in [4.69, 9.17) is 5.14 Å². The minimum Gasteiger partial charge on any atom is -0.350 e. The van der Waals surface area contributed by atoms with Crippen molar-refractivity contribution in [2.24, 2.45) is 5.14 Å². The Morgan fingerprint density at radius 2 is 1.90 bits per heavy atom. The zero-order valence-corrected chi connectivity index (χ0v) is 13.2. The molecule has 0 radical (unpaired) electrons. The van der Waals surface area contributed by atoms with Crippen molar-refractivity contribution in [2.75, 3.05) is 0 Å². The first-order valence-corrected chi connectivity index (χ1v) is 8.16. The van der Waals surface area contributed by atoms with Gasteiger partial charge in [0.25, 0.3) is 5.91 Å². The number of benzene rings is 1. The Kier molecular flexibility index (Phi) is 5.30. The van der Waals surface area contributed by atoms with Crippen LogP contribution in [0.3, 0.4) is 0 Å². The Labute approximate surface area is 120 Å². The normalized spacial score (nSPS) is 13.1. The Hall–Kier alpha value is -1.40. The summed E-state index contributed by atoms with van der Waals surface area (Å²) in [5.74, 6) is -0.270. The molecule has 1 amide bonds. The van der Waals surface area contributed by atoms with E-state index in [2.05, 4.69) is 5.32 Å². The van der Waals surface area contributed by atoms with Gasteiger partial charge in [-0.3, -0.25) is 4.79 Å². The second-order valence-corrected chi connectivity index (χ2v) is 6.67. The second kappa shape index (κ2) is 6.37. The summed E-state index contributed by atoms with van der Waals surface area (Å²) in [4.78, 5) is 12.2. The van der Waals surface area contributed by atoms with Crippen LogP contribution in [0.4, 0.5) is 0 Å². The quantitative estimate of drug-likeness (QED) is 0.869. The van der Waals surface area contributed by atoms with Crippen LogP contribution >= 0.6 is 0 Å². The van der Waals surface area contributed by atoms with Crippen LogP contribution in [-0.2, 0) is 10.0 Å². The zero-order valence-electron chi connectivity index (χ0n) is 12.4. The smallest absolute Gasteiger partial charge is 0.251 e. The highest BCUT2D eigenvalue weighted by Crippen LogP contribution is 2.19. The van der Waals surface area contributed by atoms with E-state index in [0.29, 0.717) is 11.1 Å². The molecule has 1 unspecified atom stereocenters. The molecule has 0 spiro atoms. The molecule has 0 aliphatic rings. The molecule has 1 atom stereocenters. The molecule has 0 saturated carbocycles. The van der Waals surface area contributed by atoms with Gasteiger partial charge < -0.3 is 5.32 Å². The van der Waals surface area contributed by atoms with Crippen molar-refractivity contribution < 1.29 is 13.2 Å². The predicted octanol–water partition coefficient (Wildman–Crippen LogP) is 1.87. The predicted molar refractivity (Wildman–Crippen MR) is 79.1 cm³/mol. The van der Waals surface area contributed by atoms with Crippen molar-refractivity contribution in [3.8, 4) is 0 Å². The number of rotatable bonds is 5. The molecule has 3 N–H and O–H groups in total. The summed E-state index contributed by atoms with van der Waals surface area (Å²) in [6, 6.07) is 3.07. The first-order chi connectivity index (χ1) is 9.16. The number of sulfonamides is 1. The topological polar surface area (TPSA) is 89.3 Å². The number of carbonyl (C=O) groups excluding carboxylic acids is 1. The van der Waals surface area contributed by atoms with Gasteiger partial charge in [0, 0.05) is 11.6 Å². The van der Waals surface area contributed by atoms with Gasteiger partial charge in [0.1, 0.15) is 0 Å². The Balaban J connectivity index is 3.16. The summed E-state index contributed by atoms with van der Waals surface area (Å²) in [7, 11) is -3.82. The molecule has 0 aliphatic carbocycles. The van der Waals surface area contributed by atoms with Crippen LogP contribution in [0.1, 0.15) is 48.2 Å². The van der Waals surface area contributed by atoms with Gasteiger partial charge in [0.2, 0.25) is 10.0 Å². The Bertz CT molecular complexity index is 609. The highest BCUT2D eigenvalue weighted by atomic mass is 32.2. The van der Waals surface area contributed by atoms with Crippen molar-refractivity contribution in [2.45, 2.75) is 51.5 Å². The van der Waals surface area contributed by atoms with E-state index in [0.717, 1.165) is 18.4 Å². The van der Waals surface area contributed by atoms with E-state index in [9.17, 15) is 13.2 Å². The first-order valence-electron chi connectivity index (χ1n) is 6.61. The molecule has 20 heavy (non-hydrogen) atoms. The fraction of sp³-hybridized carbons (Fsp3) is 0.500. The summed E-state index contributed by atoms with van der Waals surface area (Å²) in [5, 5.41) is 8.03. The van der Waals surface area contributed by atoms with E-state index >= 15 is 0 Å². The molecule has 5 nitrogen and oxygen atoms in total. The van der Waals surface area contributed by atoms with Gasteiger partial charge in [0.15, 0.2) is 0 Å². The number of nitrogens with one attached hydrogen (secondary N) is 1. The SMILES string of the molecule is CCCC(C)NC(=O)c1cc(S(N)(=O)=O)c(C)cc1C. The summed E-state index contributed by atoms with van der Waals surface area (Å²) in [6.07, 6.45) is 1.84. The molecule has 1 aromatic carbocycles. The van der Waals surface area contributed by atoms with E-state index in [1.807, 2.05) is 13.8 Å². The number of hydrogen-bond donors (Lipinski definition) is 2. The number of amides is 1. The zero-order chi connectivity index (χ0) is 15.5. The van der Waals surface area contributed by atoms with Crippen LogP contribution < -0.4 is 10.5 Å². The van der Waals surface area contributed by atoms with Crippen LogP contribution in [0.15, 0.2) is 17.0 Å². The number of aryl methyl sites for hydroxylation is 2. The molecular formula is C14H22N2O3S. The van der Waals surface area contributed by atoms with E-state index in [1.54, 1.807) is 19.9 Å². The summed E-state index contributed by atoms with van der Waals surface area (Å²) >= 11 is 0. The summed E-state index contributed by atoms with van der Waals surface area (Å²) in [6.45, 7) is 7.40. The van der Waals surface area contributed by atoms with Crippen LogP contribution in [0, 0.1) is 13.8 Å². The van der Waals surface area contributed by atoms with Crippen molar-refractivity contribution >= 4 is 15.9 Å². The number of carbonyl (C=O) groups is 1. The third-order valence-corrected chi connectivity index (χ3v) is 4.23. The Morgan fingerprint density at radius 3 is 2.40 bits per heavy atom. The Morgan fingerprint density at radius 1 is 1.30 bits per heavy atom.